The number of halogens is 1. The van der Waals surface area contributed by atoms with Gasteiger partial charge in [0.2, 0.25) is 5.91 Å². The Hall–Kier alpha value is -2.07. The Balaban J connectivity index is 2.06. The third-order valence-electron chi connectivity index (χ3n) is 3.50. The molecule has 1 amide bonds. The zero-order valence-electron chi connectivity index (χ0n) is 12.6. The second kappa shape index (κ2) is 7.27. The van der Waals surface area contributed by atoms with Crippen LogP contribution in [-0.4, -0.2) is 16.0 Å². The zero-order valence-corrected chi connectivity index (χ0v) is 13.4. The molecule has 0 saturated heterocycles. The van der Waals surface area contributed by atoms with Gasteiger partial charge in [-0.25, -0.2) is 0 Å². The van der Waals surface area contributed by atoms with Gasteiger partial charge in [-0.05, 0) is 42.7 Å². The molecule has 22 heavy (non-hydrogen) atoms. The van der Waals surface area contributed by atoms with Gasteiger partial charge >= 0.3 is 0 Å². The molecule has 0 aliphatic rings. The van der Waals surface area contributed by atoms with Gasteiger partial charge in [-0.3, -0.25) is 9.78 Å². The summed E-state index contributed by atoms with van der Waals surface area (Å²) in [7, 11) is 0. The molecule has 1 unspecified atom stereocenters. The molecule has 0 aliphatic carbocycles. The van der Waals surface area contributed by atoms with E-state index in [0.717, 1.165) is 23.2 Å². The van der Waals surface area contributed by atoms with Crippen LogP contribution in [0, 0.1) is 6.92 Å². The van der Waals surface area contributed by atoms with Gasteiger partial charge in [0.25, 0.3) is 0 Å². The van der Waals surface area contributed by atoms with Crippen molar-refractivity contribution in [3.8, 4) is 5.75 Å². The molecule has 5 heteroatoms. The van der Waals surface area contributed by atoms with Gasteiger partial charge in [0.05, 0.1) is 23.2 Å². The van der Waals surface area contributed by atoms with Gasteiger partial charge in [-0.15, -0.1) is 0 Å². The third-order valence-corrected chi connectivity index (χ3v) is 3.80. The molecule has 0 fully saturated rings. The van der Waals surface area contributed by atoms with Crippen LogP contribution in [0.25, 0.3) is 0 Å². The molecule has 1 aromatic heterocycles. The molecule has 0 aliphatic heterocycles. The minimum Gasteiger partial charge on any atom is -0.506 e. The Morgan fingerprint density at radius 3 is 2.82 bits per heavy atom. The van der Waals surface area contributed by atoms with Crippen molar-refractivity contribution in [3.05, 3.63) is 58.4 Å². The van der Waals surface area contributed by atoms with Crippen LogP contribution in [0.3, 0.4) is 0 Å². The molecule has 116 valence electrons. The summed E-state index contributed by atoms with van der Waals surface area (Å²) in [5, 5.41) is 12.6. The van der Waals surface area contributed by atoms with Crippen LogP contribution in [0.15, 0.2) is 36.5 Å². The summed E-state index contributed by atoms with van der Waals surface area (Å²) in [6, 6.07) is 8.53. The summed E-state index contributed by atoms with van der Waals surface area (Å²) >= 11 is 5.86. The maximum Gasteiger partial charge on any atom is 0.224 e. The minimum absolute atomic E-state index is 0.0152. The van der Waals surface area contributed by atoms with Gasteiger partial charge < -0.3 is 10.4 Å². The Morgan fingerprint density at radius 1 is 1.41 bits per heavy atom. The van der Waals surface area contributed by atoms with Crippen molar-refractivity contribution in [2.75, 3.05) is 0 Å². The number of phenols is 1. The summed E-state index contributed by atoms with van der Waals surface area (Å²) in [6.07, 6.45) is 2.71. The first-order valence-corrected chi connectivity index (χ1v) is 7.57. The first-order valence-electron chi connectivity index (χ1n) is 7.19. The largest absolute Gasteiger partial charge is 0.506 e. The van der Waals surface area contributed by atoms with E-state index in [1.165, 1.54) is 6.07 Å². The first-order chi connectivity index (χ1) is 10.5. The molecule has 1 aromatic carbocycles. The maximum absolute atomic E-state index is 12.2. The number of aromatic nitrogens is 1. The van der Waals surface area contributed by atoms with E-state index in [4.69, 9.17) is 11.6 Å². The van der Waals surface area contributed by atoms with Crippen LogP contribution in [0.1, 0.15) is 36.2 Å². The van der Waals surface area contributed by atoms with Crippen molar-refractivity contribution in [3.63, 3.8) is 0 Å². The molecule has 0 spiro atoms. The number of hydrogen-bond donors (Lipinski definition) is 2. The van der Waals surface area contributed by atoms with E-state index < -0.39 is 0 Å². The number of amides is 1. The molecule has 0 radical (unpaired) electrons. The zero-order chi connectivity index (χ0) is 16.1. The number of carbonyl (C=O) groups excluding carboxylic acids is 1. The average Bonchev–Trinajstić information content (AvgIpc) is 2.49. The van der Waals surface area contributed by atoms with Crippen LogP contribution in [-0.2, 0) is 11.2 Å². The van der Waals surface area contributed by atoms with Crippen LogP contribution in [0.2, 0.25) is 5.02 Å². The molecule has 2 aromatic rings. The number of carbonyl (C=O) groups is 1. The monoisotopic (exact) mass is 318 g/mol. The topological polar surface area (TPSA) is 62.2 Å². The fourth-order valence-electron chi connectivity index (χ4n) is 2.32. The first kappa shape index (κ1) is 16.3. The average molecular weight is 319 g/mol. The fraction of sp³-hybridized carbons (Fsp3) is 0.294. The second-order valence-corrected chi connectivity index (χ2v) is 5.60. The molecule has 4 nitrogen and oxygen atoms in total. The number of benzene rings is 1. The van der Waals surface area contributed by atoms with Gasteiger partial charge in [0.15, 0.2) is 0 Å². The summed E-state index contributed by atoms with van der Waals surface area (Å²) in [6.45, 7) is 3.99. The quantitative estimate of drug-likeness (QED) is 0.886. The molecule has 1 atom stereocenters. The van der Waals surface area contributed by atoms with E-state index in [9.17, 15) is 9.90 Å². The van der Waals surface area contributed by atoms with Crippen molar-refractivity contribution in [1.82, 2.24) is 10.3 Å². The Morgan fingerprint density at radius 2 is 2.18 bits per heavy atom. The van der Waals surface area contributed by atoms with Crippen molar-refractivity contribution >= 4 is 17.5 Å². The van der Waals surface area contributed by atoms with Crippen molar-refractivity contribution < 1.29 is 9.90 Å². The Labute approximate surface area is 135 Å². The minimum atomic E-state index is -0.110. The summed E-state index contributed by atoms with van der Waals surface area (Å²) in [5.41, 5.74) is 2.71. The standard InChI is InChI=1S/C17H19ClN2O2/c1-3-14(17-11(2)5-4-8-19-17)20-16(22)10-12-6-7-15(21)13(18)9-12/h4-9,14,21H,3,10H2,1-2H3,(H,20,22). The summed E-state index contributed by atoms with van der Waals surface area (Å²) in [5.74, 6) is -0.0833. The highest BCUT2D eigenvalue weighted by Crippen LogP contribution is 2.24. The molecule has 0 saturated carbocycles. The van der Waals surface area contributed by atoms with Crippen LogP contribution in [0.5, 0.6) is 5.75 Å². The lowest BCUT2D eigenvalue weighted by molar-refractivity contribution is -0.121. The van der Waals surface area contributed by atoms with Gasteiger partial charge in [-0.2, -0.15) is 0 Å². The predicted molar refractivity (Wildman–Crippen MR) is 87.0 cm³/mol. The molecule has 1 heterocycles. The molecular weight excluding hydrogens is 300 g/mol. The molecule has 2 N–H and O–H groups in total. The van der Waals surface area contributed by atoms with Gasteiger partial charge in [0, 0.05) is 6.20 Å². The predicted octanol–water partition coefficient (Wildman–Crippen LogP) is 3.56. The lowest BCUT2D eigenvalue weighted by Crippen LogP contribution is -2.30. The summed E-state index contributed by atoms with van der Waals surface area (Å²) in [4.78, 5) is 16.6. The normalized spacial score (nSPS) is 12.0. The lowest BCUT2D eigenvalue weighted by atomic mass is 10.0. The van der Waals surface area contributed by atoms with E-state index in [0.29, 0.717) is 0 Å². The lowest BCUT2D eigenvalue weighted by Gasteiger charge is -2.18. The number of rotatable bonds is 5. The number of hydrogen-bond acceptors (Lipinski definition) is 3. The SMILES string of the molecule is CCC(NC(=O)Cc1ccc(O)c(Cl)c1)c1ncccc1C. The van der Waals surface area contributed by atoms with Crippen LogP contribution >= 0.6 is 11.6 Å². The van der Waals surface area contributed by atoms with Crippen LogP contribution in [0.4, 0.5) is 0 Å². The number of nitrogens with one attached hydrogen (secondary N) is 1. The summed E-state index contributed by atoms with van der Waals surface area (Å²) < 4.78 is 0. The smallest absolute Gasteiger partial charge is 0.224 e. The molecule has 0 bridgehead atoms. The molecule has 2 rings (SSSR count). The van der Waals surface area contributed by atoms with E-state index in [1.807, 2.05) is 26.0 Å². The highest BCUT2D eigenvalue weighted by molar-refractivity contribution is 6.32. The number of aromatic hydroxyl groups is 1. The van der Waals surface area contributed by atoms with Crippen LogP contribution < -0.4 is 5.32 Å². The van der Waals surface area contributed by atoms with E-state index in [2.05, 4.69) is 10.3 Å². The van der Waals surface area contributed by atoms with Gasteiger partial charge in [-0.1, -0.05) is 30.7 Å². The second-order valence-electron chi connectivity index (χ2n) is 5.20. The van der Waals surface area contributed by atoms with Crippen molar-refractivity contribution in [1.29, 1.82) is 0 Å². The van der Waals surface area contributed by atoms with E-state index in [-0.39, 0.29) is 29.1 Å². The third kappa shape index (κ3) is 3.98. The van der Waals surface area contributed by atoms with E-state index >= 15 is 0 Å². The Bertz CT molecular complexity index is 673. The highest BCUT2D eigenvalue weighted by atomic mass is 35.5. The Kier molecular flexibility index (Phi) is 5.39. The number of pyridine rings is 1. The maximum atomic E-state index is 12.2. The van der Waals surface area contributed by atoms with Crippen molar-refractivity contribution in [2.24, 2.45) is 0 Å². The highest BCUT2D eigenvalue weighted by Gasteiger charge is 2.16. The van der Waals surface area contributed by atoms with Gasteiger partial charge in [0.1, 0.15) is 5.75 Å². The molecular formula is C17H19ClN2O2. The number of phenolic OH excluding ortho intramolecular Hbond substituents is 1. The number of aryl methyl sites for hydroxylation is 1. The fourth-order valence-corrected chi connectivity index (χ4v) is 2.52. The van der Waals surface area contributed by atoms with Crippen molar-refractivity contribution in [2.45, 2.75) is 32.7 Å². The van der Waals surface area contributed by atoms with E-state index in [1.54, 1.807) is 18.3 Å². The number of nitrogens with zero attached hydrogens (tertiary/aromatic N) is 1.